The molecule has 0 aromatic heterocycles. The van der Waals surface area contributed by atoms with Crippen LogP contribution in [0.25, 0.3) is 0 Å². The Morgan fingerprint density at radius 3 is 2.50 bits per heavy atom. The highest BCUT2D eigenvalue weighted by Gasteiger charge is 2.12. The molecule has 0 atom stereocenters. The SMILES string of the molecule is CN(C)CCCc1cc([N+](=O)[O-])ccc1Oc1ccccc1. The fourth-order valence-corrected chi connectivity index (χ4v) is 2.18. The van der Waals surface area contributed by atoms with Crippen molar-refractivity contribution in [2.75, 3.05) is 20.6 Å². The molecule has 0 saturated heterocycles. The number of benzene rings is 2. The van der Waals surface area contributed by atoms with Crippen molar-refractivity contribution in [3.05, 3.63) is 64.2 Å². The second-order valence-corrected chi connectivity index (χ2v) is 5.37. The van der Waals surface area contributed by atoms with Gasteiger partial charge in [0.05, 0.1) is 4.92 Å². The van der Waals surface area contributed by atoms with Crippen molar-refractivity contribution in [1.82, 2.24) is 4.90 Å². The molecule has 2 aromatic rings. The number of nitrogens with zero attached hydrogens (tertiary/aromatic N) is 2. The van der Waals surface area contributed by atoms with Crippen molar-refractivity contribution < 1.29 is 9.66 Å². The van der Waals surface area contributed by atoms with Crippen molar-refractivity contribution >= 4 is 5.69 Å². The number of non-ortho nitro benzene ring substituents is 1. The summed E-state index contributed by atoms with van der Waals surface area (Å²) in [4.78, 5) is 12.7. The van der Waals surface area contributed by atoms with E-state index in [-0.39, 0.29) is 10.6 Å². The summed E-state index contributed by atoms with van der Waals surface area (Å²) in [7, 11) is 4.02. The molecular formula is C17H20N2O3. The molecule has 5 heteroatoms. The van der Waals surface area contributed by atoms with Crippen LogP contribution in [-0.2, 0) is 6.42 Å². The number of aryl methyl sites for hydroxylation is 1. The molecule has 0 unspecified atom stereocenters. The predicted molar refractivity (Wildman–Crippen MR) is 86.5 cm³/mol. The first-order valence-corrected chi connectivity index (χ1v) is 7.21. The van der Waals surface area contributed by atoms with E-state index in [0.717, 1.165) is 30.7 Å². The van der Waals surface area contributed by atoms with E-state index in [2.05, 4.69) is 4.90 Å². The number of ether oxygens (including phenoxy) is 1. The number of nitro groups is 1. The number of nitro benzene ring substituents is 1. The summed E-state index contributed by atoms with van der Waals surface area (Å²) in [5.41, 5.74) is 0.958. The van der Waals surface area contributed by atoms with Gasteiger partial charge < -0.3 is 9.64 Å². The largest absolute Gasteiger partial charge is 0.457 e. The average molecular weight is 300 g/mol. The quantitative estimate of drug-likeness (QED) is 0.575. The van der Waals surface area contributed by atoms with Crippen LogP contribution < -0.4 is 4.74 Å². The molecule has 0 N–H and O–H groups in total. The predicted octanol–water partition coefficient (Wildman–Crippen LogP) is 3.88. The van der Waals surface area contributed by atoms with Gasteiger partial charge in [-0.1, -0.05) is 18.2 Å². The third-order valence-corrected chi connectivity index (χ3v) is 3.28. The number of para-hydroxylation sites is 1. The molecule has 0 aliphatic carbocycles. The van der Waals surface area contributed by atoms with Crippen LogP contribution in [-0.4, -0.2) is 30.5 Å². The lowest BCUT2D eigenvalue weighted by atomic mass is 10.1. The van der Waals surface area contributed by atoms with Crippen LogP contribution in [0.15, 0.2) is 48.5 Å². The lowest BCUT2D eigenvalue weighted by Crippen LogP contribution is -2.13. The molecule has 5 nitrogen and oxygen atoms in total. The summed E-state index contributed by atoms with van der Waals surface area (Å²) in [6.45, 7) is 0.924. The van der Waals surface area contributed by atoms with Gasteiger partial charge in [0.15, 0.2) is 0 Å². The molecule has 116 valence electrons. The summed E-state index contributed by atoms with van der Waals surface area (Å²) in [6.07, 6.45) is 1.65. The molecule has 0 aliphatic rings. The van der Waals surface area contributed by atoms with Crippen molar-refractivity contribution in [1.29, 1.82) is 0 Å². The molecule has 22 heavy (non-hydrogen) atoms. The minimum atomic E-state index is -0.373. The Kier molecular flexibility index (Phi) is 5.49. The maximum atomic E-state index is 11.0. The van der Waals surface area contributed by atoms with Gasteiger partial charge in [0, 0.05) is 17.7 Å². The van der Waals surface area contributed by atoms with Gasteiger partial charge in [-0.25, -0.2) is 0 Å². The third-order valence-electron chi connectivity index (χ3n) is 3.28. The first-order chi connectivity index (χ1) is 10.6. The molecule has 0 saturated carbocycles. The third kappa shape index (κ3) is 4.56. The second kappa shape index (κ2) is 7.56. The summed E-state index contributed by atoms with van der Waals surface area (Å²) in [5.74, 6) is 1.40. The highest BCUT2D eigenvalue weighted by Crippen LogP contribution is 2.29. The van der Waals surface area contributed by atoms with Crippen LogP contribution in [0.2, 0.25) is 0 Å². The highest BCUT2D eigenvalue weighted by atomic mass is 16.6. The summed E-state index contributed by atoms with van der Waals surface area (Å²) < 4.78 is 5.87. The fraction of sp³-hybridized carbons (Fsp3) is 0.294. The monoisotopic (exact) mass is 300 g/mol. The van der Waals surface area contributed by atoms with Gasteiger partial charge >= 0.3 is 0 Å². The van der Waals surface area contributed by atoms with Gasteiger partial charge in [-0.15, -0.1) is 0 Å². The topological polar surface area (TPSA) is 55.6 Å². The van der Waals surface area contributed by atoms with E-state index < -0.39 is 0 Å². The Labute approximate surface area is 130 Å². The van der Waals surface area contributed by atoms with Gasteiger partial charge in [-0.05, 0) is 51.7 Å². The Morgan fingerprint density at radius 1 is 1.14 bits per heavy atom. The van der Waals surface area contributed by atoms with E-state index in [1.165, 1.54) is 6.07 Å². The zero-order valence-electron chi connectivity index (χ0n) is 12.9. The Morgan fingerprint density at radius 2 is 1.86 bits per heavy atom. The standard InChI is InChI=1S/C17H20N2O3/c1-18(2)12-6-7-14-13-15(19(20)21)10-11-17(14)22-16-8-4-3-5-9-16/h3-5,8-11,13H,6-7,12H2,1-2H3. The number of hydrogen-bond acceptors (Lipinski definition) is 4. The second-order valence-electron chi connectivity index (χ2n) is 5.37. The molecule has 0 bridgehead atoms. The molecular weight excluding hydrogens is 280 g/mol. The zero-order valence-corrected chi connectivity index (χ0v) is 12.9. The lowest BCUT2D eigenvalue weighted by Gasteiger charge is -2.13. The normalized spacial score (nSPS) is 10.7. The van der Waals surface area contributed by atoms with Gasteiger partial charge in [0.1, 0.15) is 11.5 Å². The summed E-state index contributed by atoms with van der Waals surface area (Å²) in [5, 5.41) is 11.0. The average Bonchev–Trinajstić information content (AvgIpc) is 2.49. The van der Waals surface area contributed by atoms with Crippen LogP contribution in [0, 0.1) is 10.1 Å². The Bertz CT molecular complexity index is 627. The van der Waals surface area contributed by atoms with Crippen molar-refractivity contribution in [3.63, 3.8) is 0 Å². The van der Waals surface area contributed by atoms with E-state index in [1.807, 2.05) is 44.4 Å². The fourth-order valence-electron chi connectivity index (χ4n) is 2.18. The van der Waals surface area contributed by atoms with Gasteiger partial charge in [-0.3, -0.25) is 10.1 Å². The molecule has 2 rings (SSSR count). The molecule has 0 heterocycles. The lowest BCUT2D eigenvalue weighted by molar-refractivity contribution is -0.384. The maximum Gasteiger partial charge on any atom is 0.269 e. The van der Waals surface area contributed by atoms with Crippen LogP contribution >= 0.6 is 0 Å². The molecule has 0 amide bonds. The number of rotatable bonds is 7. The minimum Gasteiger partial charge on any atom is -0.457 e. The van der Waals surface area contributed by atoms with Crippen LogP contribution in [0.5, 0.6) is 11.5 Å². The van der Waals surface area contributed by atoms with Crippen molar-refractivity contribution in [2.24, 2.45) is 0 Å². The Hall–Kier alpha value is -2.40. The van der Waals surface area contributed by atoms with Crippen molar-refractivity contribution in [3.8, 4) is 11.5 Å². The maximum absolute atomic E-state index is 11.0. The van der Waals surface area contributed by atoms with E-state index in [9.17, 15) is 10.1 Å². The molecule has 0 radical (unpaired) electrons. The molecule has 0 fully saturated rings. The van der Waals surface area contributed by atoms with Gasteiger partial charge in [-0.2, -0.15) is 0 Å². The van der Waals surface area contributed by atoms with E-state index in [0.29, 0.717) is 5.75 Å². The van der Waals surface area contributed by atoms with Crippen LogP contribution in [0.1, 0.15) is 12.0 Å². The first-order valence-electron chi connectivity index (χ1n) is 7.21. The molecule has 0 spiro atoms. The van der Waals surface area contributed by atoms with Crippen LogP contribution in [0.3, 0.4) is 0 Å². The summed E-state index contributed by atoms with van der Waals surface area (Å²) >= 11 is 0. The zero-order chi connectivity index (χ0) is 15.9. The van der Waals surface area contributed by atoms with E-state index >= 15 is 0 Å². The van der Waals surface area contributed by atoms with Gasteiger partial charge in [0.2, 0.25) is 0 Å². The van der Waals surface area contributed by atoms with Crippen LogP contribution in [0.4, 0.5) is 5.69 Å². The first kappa shape index (κ1) is 16.0. The summed E-state index contributed by atoms with van der Waals surface area (Å²) in [6, 6.07) is 14.2. The smallest absolute Gasteiger partial charge is 0.269 e. The van der Waals surface area contributed by atoms with Crippen molar-refractivity contribution in [2.45, 2.75) is 12.8 Å². The molecule has 0 aliphatic heterocycles. The number of hydrogen-bond donors (Lipinski definition) is 0. The van der Waals surface area contributed by atoms with E-state index in [1.54, 1.807) is 12.1 Å². The highest BCUT2D eigenvalue weighted by molar-refractivity contribution is 5.45. The van der Waals surface area contributed by atoms with Gasteiger partial charge in [0.25, 0.3) is 5.69 Å². The van der Waals surface area contributed by atoms with E-state index in [4.69, 9.17) is 4.74 Å². The Balaban J connectivity index is 2.21. The minimum absolute atomic E-state index is 0.0975. The molecule has 2 aromatic carbocycles.